The van der Waals surface area contributed by atoms with Crippen molar-refractivity contribution >= 4 is 5.91 Å². The molecule has 1 amide bonds. The van der Waals surface area contributed by atoms with Crippen LogP contribution in [0, 0.1) is 5.92 Å². The van der Waals surface area contributed by atoms with E-state index in [0.29, 0.717) is 11.8 Å². The van der Waals surface area contributed by atoms with Crippen molar-refractivity contribution in [2.24, 2.45) is 5.92 Å². The second-order valence-corrected chi connectivity index (χ2v) is 8.08. The topological polar surface area (TPSA) is 32.8 Å². The predicted octanol–water partition coefficient (Wildman–Crippen LogP) is 4.04. The average molecular weight is 379 g/mol. The fourth-order valence-electron chi connectivity index (χ4n) is 4.71. The Morgan fingerprint density at radius 2 is 1.79 bits per heavy atom. The van der Waals surface area contributed by atoms with Gasteiger partial charge in [0.15, 0.2) is 0 Å². The van der Waals surface area contributed by atoms with Gasteiger partial charge in [-0.15, -0.1) is 0 Å². The number of piperidine rings is 1. The number of likely N-dealkylation sites (tertiary alicyclic amines) is 2. The third kappa shape index (κ3) is 4.22. The summed E-state index contributed by atoms with van der Waals surface area (Å²) >= 11 is 0. The molecule has 148 valence electrons. The molecule has 0 radical (unpaired) electrons. The van der Waals surface area contributed by atoms with E-state index < -0.39 is 0 Å². The Hall–Kier alpha value is -2.33. The molecule has 0 spiro atoms. The number of amides is 1. The number of carbonyl (C=O) groups is 1. The van der Waals surface area contributed by atoms with Crippen molar-refractivity contribution < 1.29 is 9.53 Å². The number of methoxy groups -OCH3 is 1. The molecule has 2 saturated heterocycles. The van der Waals surface area contributed by atoms with Crippen molar-refractivity contribution in [2.75, 3.05) is 39.8 Å². The lowest BCUT2D eigenvalue weighted by Gasteiger charge is -2.31. The molecule has 0 aliphatic carbocycles. The molecule has 2 aromatic rings. The van der Waals surface area contributed by atoms with Crippen LogP contribution in [-0.4, -0.2) is 55.5 Å². The van der Waals surface area contributed by atoms with Crippen molar-refractivity contribution in [2.45, 2.75) is 25.2 Å². The van der Waals surface area contributed by atoms with E-state index in [1.54, 1.807) is 7.11 Å². The summed E-state index contributed by atoms with van der Waals surface area (Å²) in [7, 11) is 1.71. The molecule has 28 heavy (non-hydrogen) atoms. The van der Waals surface area contributed by atoms with Gasteiger partial charge < -0.3 is 14.5 Å². The molecule has 2 heterocycles. The lowest BCUT2D eigenvalue weighted by atomic mass is 9.88. The summed E-state index contributed by atoms with van der Waals surface area (Å²) < 4.78 is 5.45. The minimum absolute atomic E-state index is 0.148. The SMILES string of the molecule is COc1cccc(C2CN(C(=O)c3ccccc3)CC2CN2CCCCC2)c1. The van der Waals surface area contributed by atoms with E-state index in [1.165, 1.54) is 37.9 Å². The summed E-state index contributed by atoms with van der Waals surface area (Å²) in [5.74, 6) is 1.85. The standard InChI is InChI=1S/C24H30N2O2/c1-28-22-12-8-11-20(15-22)23-18-26(24(27)19-9-4-2-5-10-19)17-21(23)16-25-13-6-3-7-14-25/h2,4-5,8-12,15,21,23H,3,6-7,13-14,16-18H2,1H3. The number of nitrogens with zero attached hydrogens (tertiary/aromatic N) is 2. The van der Waals surface area contributed by atoms with Crippen LogP contribution in [0.2, 0.25) is 0 Å². The van der Waals surface area contributed by atoms with E-state index in [-0.39, 0.29) is 5.91 Å². The molecule has 2 fully saturated rings. The van der Waals surface area contributed by atoms with Gasteiger partial charge in [0.05, 0.1) is 7.11 Å². The fourth-order valence-corrected chi connectivity index (χ4v) is 4.71. The van der Waals surface area contributed by atoms with Crippen molar-refractivity contribution in [3.63, 3.8) is 0 Å². The van der Waals surface area contributed by atoms with Crippen molar-refractivity contribution in [3.8, 4) is 5.75 Å². The highest BCUT2D eigenvalue weighted by atomic mass is 16.5. The van der Waals surface area contributed by atoms with E-state index in [1.807, 2.05) is 41.3 Å². The molecule has 0 bridgehead atoms. The molecular formula is C24H30N2O2. The quantitative estimate of drug-likeness (QED) is 0.787. The molecule has 4 rings (SSSR count). The number of benzene rings is 2. The summed E-state index contributed by atoms with van der Waals surface area (Å²) in [6.07, 6.45) is 3.94. The van der Waals surface area contributed by atoms with Gasteiger partial charge in [0, 0.05) is 31.1 Å². The highest BCUT2D eigenvalue weighted by Gasteiger charge is 2.37. The van der Waals surface area contributed by atoms with Crippen LogP contribution in [0.4, 0.5) is 0 Å². The Kier molecular flexibility index (Phi) is 5.96. The first-order valence-corrected chi connectivity index (χ1v) is 10.5. The second-order valence-electron chi connectivity index (χ2n) is 8.08. The average Bonchev–Trinajstić information content (AvgIpc) is 3.18. The second kappa shape index (κ2) is 8.78. The maximum Gasteiger partial charge on any atom is 0.253 e. The smallest absolute Gasteiger partial charge is 0.253 e. The number of hydrogen-bond donors (Lipinski definition) is 0. The fraction of sp³-hybridized carbons (Fsp3) is 0.458. The van der Waals surface area contributed by atoms with Gasteiger partial charge in [-0.2, -0.15) is 0 Å². The Bertz CT molecular complexity index is 786. The zero-order valence-corrected chi connectivity index (χ0v) is 16.7. The maximum absolute atomic E-state index is 13.1. The van der Waals surface area contributed by atoms with Crippen molar-refractivity contribution in [1.29, 1.82) is 0 Å². The highest BCUT2D eigenvalue weighted by molar-refractivity contribution is 5.94. The molecule has 0 saturated carbocycles. The lowest BCUT2D eigenvalue weighted by Crippen LogP contribution is -2.36. The Morgan fingerprint density at radius 3 is 2.54 bits per heavy atom. The molecule has 2 atom stereocenters. The highest BCUT2D eigenvalue weighted by Crippen LogP contribution is 2.35. The van der Waals surface area contributed by atoms with Gasteiger partial charge in [-0.1, -0.05) is 36.8 Å². The molecule has 4 nitrogen and oxygen atoms in total. The van der Waals surface area contributed by atoms with Gasteiger partial charge in [-0.25, -0.2) is 0 Å². The van der Waals surface area contributed by atoms with Crippen molar-refractivity contribution in [1.82, 2.24) is 9.80 Å². The Labute approximate surface area is 168 Å². The minimum Gasteiger partial charge on any atom is -0.497 e. The first-order valence-electron chi connectivity index (χ1n) is 10.5. The van der Waals surface area contributed by atoms with Crippen molar-refractivity contribution in [3.05, 3.63) is 65.7 Å². The van der Waals surface area contributed by atoms with E-state index in [9.17, 15) is 4.79 Å². The van der Waals surface area contributed by atoms with Crippen LogP contribution in [0.5, 0.6) is 5.75 Å². The Morgan fingerprint density at radius 1 is 1.00 bits per heavy atom. The summed E-state index contributed by atoms with van der Waals surface area (Å²) in [5, 5.41) is 0. The van der Waals surface area contributed by atoms with Gasteiger partial charge in [0.25, 0.3) is 5.91 Å². The molecule has 2 unspecified atom stereocenters. The van der Waals surface area contributed by atoms with Crippen LogP contribution in [0.3, 0.4) is 0 Å². The third-order valence-electron chi connectivity index (χ3n) is 6.21. The van der Waals surface area contributed by atoms with Crippen LogP contribution in [0.15, 0.2) is 54.6 Å². The molecule has 0 aromatic heterocycles. The van der Waals surface area contributed by atoms with Gasteiger partial charge in [-0.05, 0) is 61.7 Å². The summed E-state index contributed by atoms with van der Waals surface area (Å²) in [5.41, 5.74) is 2.07. The van der Waals surface area contributed by atoms with Gasteiger partial charge in [0.2, 0.25) is 0 Å². The number of hydrogen-bond acceptors (Lipinski definition) is 3. The zero-order valence-electron chi connectivity index (χ0n) is 16.7. The van der Waals surface area contributed by atoms with E-state index in [0.717, 1.165) is 30.9 Å². The lowest BCUT2D eigenvalue weighted by molar-refractivity contribution is 0.0782. The van der Waals surface area contributed by atoms with E-state index in [2.05, 4.69) is 23.1 Å². The molecule has 2 aliphatic heterocycles. The monoisotopic (exact) mass is 378 g/mol. The maximum atomic E-state index is 13.1. The molecule has 2 aliphatic rings. The van der Waals surface area contributed by atoms with Gasteiger partial charge in [-0.3, -0.25) is 4.79 Å². The third-order valence-corrected chi connectivity index (χ3v) is 6.21. The number of rotatable bonds is 5. The van der Waals surface area contributed by atoms with Crippen LogP contribution in [0.25, 0.3) is 0 Å². The normalized spacial score (nSPS) is 23.0. The van der Waals surface area contributed by atoms with E-state index in [4.69, 9.17) is 4.74 Å². The first-order chi connectivity index (χ1) is 13.7. The summed E-state index contributed by atoms with van der Waals surface area (Å²) in [6.45, 7) is 5.05. The molecule has 0 N–H and O–H groups in total. The summed E-state index contributed by atoms with van der Waals surface area (Å²) in [4.78, 5) is 17.7. The zero-order chi connectivity index (χ0) is 19.3. The predicted molar refractivity (Wildman–Crippen MR) is 112 cm³/mol. The first kappa shape index (κ1) is 19.0. The van der Waals surface area contributed by atoms with Crippen LogP contribution in [0.1, 0.15) is 41.1 Å². The Balaban J connectivity index is 1.56. The molecular weight excluding hydrogens is 348 g/mol. The molecule has 4 heteroatoms. The molecule has 2 aromatic carbocycles. The number of ether oxygens (including phenoxy) is 1. The largest absolute Gasteiger partial charge is 0.497 e. The van der Waals surface area contributed by atoms with E-state index >= 15 is 0 Å². The number of carbonyl (C=O) groups excluding carboxylic acids is 1. The van der Waals surface area contributed by atoms with Gasteiger partial charge in [0.1, 0.15) is 5.75 Å². The minimum atomic E-state index is 0.148. The van der Waals surface area contributed by atoms with Crippen LogP contribution in [-0.2, 0) is 0 Å². The van der Waals surface area contributed by atoms with Crippen LogP contribution >= 0.6 is 0 Å². The summed E-state index contributed by atoms with van der Waals surface area (Å²) in [6, 6.07) is 18.1. The van der Waals surface area contributed by atoms with Gasteiger partial charge >= 0.3 is 0 Å². The van der Waals surface area contributed by atoms with Crippen LogP contribution < -0.4 is 4.74 Å².